The van der Waals surface area contributed by atoms with Gasteiger partial charge in [-0.15, -0.1) is 0 Å². The molecule has 0 bridgehead atoms. The van der Waals surface area contributed by atoms with E-state index in [4.69, 9.17) is 10.5 Å². The maximum absolute atomic E-state index is 5.92. The summed E-state index contributed by atoms with van der Waals surface area (Å²) in [5.74, 6) is 1.08. The maximum atomic E-state index is 5.92. The fourth-order valence-electron chi connectivity index (χ4n) is 1.91. The Balaban J connectivity index is 2.10. The van der Waals surface area contributed by atoms with Crippen molar-refractivity contribution >= 4 is 5.82 Å². The van der Waals surface area contributed by atoms with Crippen LogP contribution in [0.25, 0.3) is 11.5 Å². The lowest BCUT2D eigenvalue weighted by atomic mass is 10.1. The lowest BCUT2D eigenvalue weighted by molar-refractivity contribution is 0.109. The van der Waals surface area contributed by atoms with Gasteiger partial charge in [0.25, 0.3) is 0 Å². The Bertz CT molecular complexity index is 563. The van der Waals surface area contributed by atoms with Crippen molar-refractivity contribution in [3.05, 3.63) is 23.5 Å². The van der Waals surface area contributed by atoms with Crippen molar-refractivity contribution in [2.45, 2.75) is 13.0 Å². The van der Waals surface area contributed by atoms with E-state index in [2.05, 4.69) is 15.1 Å². The predicted octanol–water partition coefficient (Wildman–Crippen LogP) is 0.532. The van der Waals surface area contributed by atoms with Gasteiger partial charge < -0.3 is 10.5 Å². The van der Waals surface area contributed by atoms with Gasteiger partial charge in [0.2, 0.25) is 0 Å². The van der Waals surface area contributed by atoms with Crippen LogP contribution < -0.4 is 5.73 Å². The molecule has 0 unspecified atom stereocenters. The van der Waals surface area contributed by atoms with Gasteiger partial charge in [-0.2, -0.15) is 5.10 Å². The summed E-state index contributed by atoms with van der Waals surface area (Å²) in [7, 11) is 1.86. The normalized spacial score (nSPS) is 14.6. The smallest absolute Gasteiger partial charge is 0.182 e. The molecule has 3 rings (SSSR count). The number of ether oxygens (including phenoxy) is 1. The average Bonchev–Trinajstić information content (AvgIpc) is 2.76. The molecular weight excluding hydrogens is 218 g/mol. The van der Waals surface area contributed by atoms with Crippen LogP contribution in [0.5, 0.6) is 0 Å². The second-order valence-corrected chi connectivity index (χ2v) is 4.03. The number of nitrogen functional groups attached to an aromatic ring is 1. The third kappa shape index (κ3) is 1.76. The molecule has 3 heterocycles. The van der Waals surface area contributed by atoms with Gasteiger partial charge in [0.05, 0.1) is 18.9 Å². The first-order valence-corrected chi connectivity index (χ1v) is 5.47. The number of aryl methyl sites for hydroxylation is 1. The van der Waals surface area contributed by atoms with Crippen LogP contribution in [-0.4, -0.2) is 26.4 Å². The first kappa shape index (κ1) is 10.2. The summed E-state index contributed by atoms with van der Waals surface area (Å²) in [4.78, 5) is 8.79. The number of anilines is 1. The van der Waals surface area contributed by atoms with Crippen molar-refractivity contribution in [2.24, 2.45) is 7.05 Å². The topological polar surface area (TPSA) is 78.9 Å². The van der Waals surface area contributed by atoms with Crippen molar-refractivity contribution in [3.63, 3.8) is 0 Å². The number of rotatable bonds is 1. The standard InChI is InChI=1S/C11H13N5O/c1-16-4-2-9(15-16)11-13-8-3-5-17-6-7(8)10(12)14-11/h2,4H,3,5-6H2,1H3,(H2,12,13,14). The summed E-state index contributed by atoms with van der Waals surface area (Å²) in [5, 5.41) is 4.28. The van der Waals surface area contributed by atoms with E-state index in [1.165, 1.54) is 0 Å². The highest BCUT2D eigenvalue weighted by Crippen LogP contribution is 2.23. The van der Waals surface area contributed by atoms with Gasteiger partial charge in [-0.1, -0.05) is 0 Å². The molecular formula is C11H13N5O. The van der Waals surface area contributed by atoms with Crippen molar-refractivity contribution in [3.8, 4) is 11.5 Å². The van der Waals surface area contributed by atoms with Crippen LogP contribution in [0.4, 0.5) is 5.82 Å². The predicted molar refractivity (Wildman–Crippen MR) is 62.0 cm³/mol. The van der Waals surface area contributed by atoms with Gasteiger partial charge in [-0.3, -0.25) is 4.68 Å². The molecule has 2 aromatic rings. The van der Waals surface area contributed by atoms with E-state index in [0.717, 1.165) is 23.4 Å². The van der Waals surface area contributed by atoms with E-state index in [9.17, 15) is 0 Å². The number of aromatic nitrogens is 4. The van der Waals surface area contributed by atoms with E-state index in [0.29, 0.717) is 24.9 Å². The molecule has 6 heteroatoms. The quantitative estimate of drug-likeness (QED) is 0.774. The van der Waals surface area contributed by atoms with Crippen molar-refractivity contribution in [1.82, 2.24) is 19.7 Å². The van der Waals surface area contributed by atoms with Gasteiger partial charge in [0.1, 0.15) is 11.5 Å². The van der Waals surface area contributed by atoms with Gasteiger partial charge in [-0.05, 0) is 6.07 Å². The minimum Gasteiger partial charge on any atom is -0.383 e. The fraction of sp³-hybridized carbons (Fsp3) is 0.364. The summed E-state index contributed by atoms with van der Waals surface area (Å²) in [6.07, 6.45) is 2.64. The van der Waals surface area contributed by atoms with Crippen LogP contribution in [0.15, 0.2) is 12.3 Å². The number of fused-ring (bicyclic) bond motifs is 1. The molecule has 0 radical (unpaired) electrons. The minimum absolute atomic E-state index is 0.496. The largest absolute Gasteiger partial charge is 0.383 e. The second-order valence-electron chi connectivity index (χ2n) is 4.03. The second kappa shape index (κ2) is 3.81. The Morgan fingerprint density at radius 2 is 2.29 bits per heavy atom. The SMILES string of the molecule is Cn1ccc(-c2nc(N)c3c(n2)CCOC3)n1. The van der Waals surface area contributed by atoms with Crippen LogP contribution in [0.2, 0.25) is 0 Å². The molecule has 0 saturated heterocycles. The molecule has 0 amide bonds. The Hall–Kier alpha value is -1.95. The Morgan fingerprint density at radius 3 is 3.06 bits per heavy atom. The first-order valence-electron chi connectivity index (χ1n) is 5.47. The minimum atomic E-state index is 0.496. The fourth-order valence-corrected chi connectivity index (χ4v) is 1.91. The molecule has 0 spiro atoms. The molecule has 0 aliphatic carbocycles. The third-order valence-corrected chi connectivity index (χ3v) is 2.80. The maximum Gasteiger partial charge on any atom is 0.182 e. The van der Waals surface area contributed by atoms with E-state index < -0.39 is 0 Å². The zero-order valence-corrected chi connectivity index (χ0v) is 9.55. The molecule has 88 valence electrons. The highest BCUT2D eigenvalue weighted by atomic mass is 16.5. The lowest BCUT2D eigenvalue weighted by Gasteiger charge is -2.17. The van der Waals surface area contributed by atoms with Gasteiger partial charge in [0.15, 0.2) is 5.82 Å². The Morgan fingerprint density at radius 1 is 1.41 bits per heavy atom. The molecule has 17 heavy (non-hydrogen) atoms. The van der Waals surface area contributed by atoms with E-state index in [1.807, 2.05) is 19.3 Å². The van der Waals surface area contributed by atoms with E-state index >= 15 is 0 Å². The molecule has 0 fully saturated rings. The summed E-state index contributed by atoms with van der Waals surface area (Å²) in [5.41, 5.74) is 8.55. The Kier molecular flexibility index (Phi) is 2.29. The first-order chi connectivity index (χ1) is 8.24. The van der Waals surface area contributed by atoms with Crippen LogP contribution in [0, 0.1) is 0 Å². The highest BCUT2D eigenvalue weighted by Gasteiger charge is 2.17. The lowest BCUT2D eigenvalue weighted by Crippen LogP contribution is -2.16. The van der Waals surface area contributed by atoms with Crippen LogP contribution >= 0.6 is 0 Å². The number of nitrogens with zero attached hydrogens (tertiary/aromatic N) is 4. The summed E-state index contributed by atoms with van der Waals surface area (Å²) >= 11 is 0. The molecule has 0 aromatic carbocycles. The van der Waals surface area contributed by atoms with E-state index in [-0.39, 0.29) is 0 Å². The molecule has 2 aromatic heterocycles. The molecule has 0 atom stereocenters. The van der Waals surface area contributed by atoms with Crippen molar-refractivity contribution < 1.29 is 4.74 Å². The highest BCUT2D eigenvalue weighted by molar-refractivity contribution is 5.54. The molecule has 1 aliphatic rings. The molecule has 6 nitrogen and oxygen atoms in total. The van der Waals surface area contributed by atoms with Crippen molar-refractivity contribution in [2.75, 3.05) is 12.3 Å². The van der Waals surface area contributed by atoms with Crippen LogP contribution in [-0.2, 0) is 24.8 Å². The monoisotopic (exact) mass is 231 g/mol. The van der Waals surface area contributed by atoms with Gasteiger partial charge >= 0.3 is 0 Å². The van der Waals surface area contributed by atoms with Crippen molar-refractivity contribution in [1.29, 1.82) is 0 Å². The van der Waals surface area contributed by atoms with Gasteiger partial charge in [-0.25, -0.2) is 9.97 Å². The molecule has 0 saturated carbocycles. The Labute approximate surface area is 98.4 Å². The zero-order chi connectivity index (χ0) is 11.8. The summed E-state index contributed by atoms with van der Waals surface area (Å²) in [6, 6.07) is 1.88. The van der Waals surface area contributed by atoms with Gasteiger partial charge in [0, 0.05) is 25.2 Å². The summed E-state index contributed by atoms with van der Waals surface area (Å²) < 4.78 is 7.07. The van der Waals surface area contributed by atoms with Crippen LogP contribution in [0.3, 0.4) is 0 Å². The number of nitrogens with two attached hydrogens (primary N) is 1. The van der Waals surface area contributed by atoms with E-state index in [1.54, 1.807) is 4.68 Å². The van der Waals surface area contributed by atoms with Crippen LogP contribution in [0.1, 0.15) is 11.3 Å². The summed E-state index contributed by atoms with van der Waals surface area (Å²) in [6.45, 7) is 1.19. The zero-order valence-electron chi connectivity index (χ0n) is 9.55. The molecule has 2 N–H and O–H groups in total. The number of hydrogen-bond acceptors (Lipinski definition) is 5. The third-order valence-electron chi connectivity index (χ3n) is 2.80. The number of hydrogen-bond donors (Lipinski definition) is 1. The molecule has 1 aliphatic heterocycles. The average molecular weight is 231 g/mol.